The van der Waals surface area contributed by atoms with Gasteiger partial charge in [0.2, 0.25) is 0 Å². The third-order valence-corrected chi connectivity index (χ3v) is 1.38. The standard InChI is InChI=1S/C9H20O/c1-6-8(2)10-7-9(3,4)5/h8H,6-7H2,1-5H3/t8-/m0/s1. The first-order chi connectivity index (χ1) is 4.45. The Morgan fingerprint density at radius 3 is 2.10 bits per heavy atom. The summed E-state index contributed by atoms with van der Waals surface area (Å²) in [5, 5.41) is 0. The first kappa shape index (κ1) is 9.96. The molecule has 0 radical (unpaired) electrons. The van der Waals surface area contributed by atoms with Gasteiger partial charge >= 0.3 is 0 Å². The van der Waals surface area contributed by atoms with Gasteiger partial charge in [0.1, 0.15) is 0 Å². The minimum Gasteiger partial charge on any atom is -0.378 e. The summed E-state index contributed by atoms with van der Waals surface area (Å²) in [6.07, 6.45) is 1.52. The average molecular weight is 144 g/mol. The Bertz CT molecular complexity index is 81.2. The van der Waals surface area contributed by atoms with Crippen molar-refractivity contribution in [2.24, 2.45) is 5.41 Å². The van der Waals surface area contributed by atoms with Crippen LogP contribution in [0.15, 0.2) is 0 Å². The normalized spacial score (nSPS) is 15.3. The molecule has 10 heavy (non-hydrogen) atoms. The average Bonchev–Trinajstić information content (AvgIpc) is 1.81. The fourth-order valence-corrected chi connectivity index (χ4v) is 0.510. The Kier molecular flexibility index (Phi) is 3.95. The lowest BCUT2D eigenvalue weighted by molar-refractivity contribution is 0.0170. The van der Waals surface area contributed by atoms with E-state index in [4.69, 9.17) is 4.74 Å². The highest BCUT2D eigenvalue weighted by molar-refractivity contribution is 4.60. The van der Waals surface area contributed by atoms with Gasteiger partial charge in [0.05, 0.1) is 12.7 Å². The Morgan fingerprint density at radius 1 is 1.30 bits per heavy atom. The van der Waals surface area contributed by atoms with Crippen LogP contribution in [-0.4, -0.2) is 12.7 Å². The molecule has 0 aromatic carbocycles. The molecule has 0 fully saturated rings. The second kappa shape index (κ2) is 3.97. The highest BCUT2D eigenvalue weighted by atomic mass is 16.5. The Labute approximate surface area is 64.8 Å². The summed E-state index contributed by atoms with van der Waals surface area (Å²) in [4.78, 5) is 0. The van der Waals surface area contributed by atoms with Gasteiger partial charge in [-0.25, -0.2) is 0 Å². The van der Waals surface area contributed by atoms with Crippen LogP contribution in [-0.2, 0) is 4.74 Å². The highest BCUT2D eigenvalue weighted by Crippen LogP contribution is 2.14. The maximum Gasteiger partial charge on any atom is 0.0544 e. The molecular weight excluding hydrogens is 124 g/mol. The molecule has 0 aliphatic heterocycles. The van der Waals surface area contributed by atoms with Crippen LogP contribution in [0.2, 0.25) is 0 Å². The zero-order valence-electron chi connectivity index (χ0n) is 7.90. The Balaban J connectivity index is 3.36. The molecule has 0 N–H and O–H groups in total. The topological polar surface area (TPSA) is 9.23 Å². The van der Waals surface area contributed by atoms with Crippen LogP contribution in [0.3, 0.4) is 0 Å². The molecule has 1 heteroatoms. The lowest BCUT2D eigenvalue weighted by Crippen LogP contribution is -2.19. The molecule has 0 bridgehead atoms. The van der Waals surface area contributed by atoms with E-state index in [0.29, 0.717) is 11.5 Å². The second-order valence-electron chi connectivity index (χ2n) is 4.09. The number of rotatable bonds is 3. The van der Waals surface area contributed by atoms with Crippen LogP contribution in [0.5, 0.6) is 0 Å². The number of hydrogen-bond donors (Lipinski definition) is 0. The van der Waals surface area contributed by atoms with Gasteiger partial charge in [-0.15, -0.1) is 0 Å². The van der Waals surface area contributed by atoms with E-state index in [1.807, 2.05) is 0 Å². The van der Waals surface area contributed by atoms with Gasteiger partial charge in [0.15, 0.2) is 0 Å². The smallest absolute Gasteiger partial charge is 0.0544 e. The van der Waals surface area contributed by atoms with Crippen LogP contribution in [0.1, 0.15) is 41.0 Å². The molecule has 1 atom stereocenters. The molecule has 0 unspecified atom stereocenters. The van der Waals surface area contributed by atoms with Gasteiger partial charge < -0.3 is 4.74 Å². The maximum atomic E-state index is 5.56. The molecule has 0 aromatic heterocycles. The van der Waals surface area contributed by atoms with Crippen LogP contribution < -0.4 is 0 Å². The van der Waals surface area contributed by atoms with E-state index in [1.165, 1.54) is 0 Å². The monoisotopic (exact) mass is 144 g/mol. The molecule has 0 amide bonds. The van der Waals surface area contributed by atoms with Crippen molar-refractivity contribution < 1.29 is 4.74 Å². The summed E-state index contributed by atoms with van der Waals surface area (Å²) >= 11 is 0. The molecule has 0 saturated heterocycles. The Hall–Kier alpha value is -0.0400. The molecular formula is C9H20O. The molecule has 0 heterocycles. The largest absolute Gasteiger partial charge is 0.378 e. The van der Waals surface area contributed by atoms with Crippen molar-refractivity contribution in [3.8, 4) is 0 Å². The molecule has 0 saturated carbocycles. The fraction of sp³-hybridized carbons (Fsp3) is 1.00. The van der Waals surface area contributed by atoms with Gasteiger partial charge in [0.25, 0.3) is 0 Å². The predicted molar refractivity (Wildman–Crippen MR) is 45.2 cm³/mol. The van der Waals surface area contributed by atoms with E-state index in [9.17, 15) is 0 Å². The van der Waals surface area contributed by atoms with Gasteiger partial charge in [-0.1, -0.05) is 27.7 Å². The summed E-state index contributed by atoms with van der Waals surface area (Å²) in [5.41, 5.74) is 0.309. The van der Waals surface area contributed by atoms with Crippen molar-refractivity contribution in [1.29, 1.82) is 0 Å². The van der Waals surface area contributed by atoms with Crippen molar-refractivity contribution in [3.05, 3.63) is 0 Å². The Morgan fingerprint density at radius 2 is 1.80 bits per heavy atom. The third-order valence-electron chi connectivity index (χ3n) is 1.38. The highest BCUT2D eigenvalue weighted by Gasteiger charge is 2.11. The molecule has 62 valence electrons. The second-order valence-corrected chi connectivity index (χ2v) is 4.09. The maximum absolute atomic E-state index is 5.56. The van der Waals surface area contributed by atoms with Crippen molar-refractivity contribution >= 4 is 0 Å². The number of hydrogen-bond acceptors (Lipinski definition) is 1. The lowest BCUT2D eigenvalue weighted by Gasteiger charge is -2.20. The van der Waals surface area contributed by atoms with Gasteiger partial charge in [-0.2, -0.15) is 0 Å². The quantitative estimate of drug-likeness (QED) is 0.592. The molecule has 1 nitrogen and oxygen atoms in total. The van der Waals surface area contributed by atoms with Crippen molar-refractivity contribution in [1.82, 2.24) is 0 Å². The third kappa shape index (κ3) is 6.09. The lowest BCUT2D eigenvalue weighted by atomic mass is 9.98. The van der Waals surface area contributed by atoms with E-state index in [0.717, 1.165) is 13.0 Å². The van der Waals surface area contributed by atoms with Gasteiger partial charge in [-0.3, -0.25) is 0 Å². The summed E-state index contributed by atoms with van der Waals surface area (Å²) in [6, 6.07) is 0. The summed E-state index contributed by atoms with van der Waals surface area (Å²) in [7, 11) is 0. The van der Waals surface area contributed by atoms with E-state index in [2.05, 4.69) is 34.6 Å². The summed E-state index contributed by atoms with van der Waals surface area (Å²) < 4.78 is 5.56. The van der Waals surface area contributed by atoms with Crippen molar-refractivity contribution in [2.75, 3.05) is 6.61 Å². The summed E-state index contributed by atoms with van der Waals surface area (Å²) in [5.74, 6) is 0. The molecule has 0 aliphatic carbocycles. The number of ether oxygens (including phenoxy) is 1. The minimum atomic E-state index is 0.309. The van der Waals surface area contributed by atoms with Crippen molar-refractivity contribution in [2.45, 2.75) is 47.1 Å². The first-order valence-electron chi connectivity index (χ1n) is 4.07. The van der Waals surface area contributed by atoms with E-state index < -0.39 is 0 Å². The molecule has 0 spiro atoms. The van der Waals surface area contributed by atoms with Gasteiger partial charge in [-0.05, 0) is 18.8 Å². The SMILES string of the molecule is CC[C@H](C)OCC(C)(C)C. The van der Waals surface area contributed by atoms with Crippen molar-refractivity contribution in [3.63, 3.8) is 0 Å². The molecule has 0 rings (SSSR count). The van der Waals surface area contributed by atoms with Crippen LogP contribution in [0.4, 0.5) is 0 Å². The van der Waals surface area contributed by atoms with Crippen LogP contribution >= 0.6 is 0 Å². The summed E-state index contributed by atoms with van der Waals surface area (Å²) in [6.45, 7) is 11.7. The fourth-order valence-electron chi connectivity index (χ4n) is 0.510. The molecule has 0 aromatic rings. The van der Waals surface area contributed by atoms with Crippen LogP contribution in [0, 0.1) is 5.41 Å². The van der Waals surface area contributed by atoms with E-state index in [-0.39, 0.29) is 0 Å². The minimum absolute atomic E-state index is 0.309. The van der Waals surface area contributed by atoms with Crippen LogP contribution in [0.25, 0.3) is 0 Å². The van der Waals surface area contributed by atoms with E-state index >= 15 is 0 Å². The van der Waals surface area contributed by atoms with Gasteiger partial charge in [0, 0.05) is 0 Å². The van der Waals surface area contributed by atoms with E-state index in [1.54, 1.807) is 0 Å². The zero-order valence-corrected chi connectivity index (χ0v) is 7.90. The predicted octanol–water partition coefficient (Wildman–Crippen LogP) is 2.85. The zero-order chi connectivity index (χ0) is 8.20. The molecule has 0 aliphatic rings. The first-order valence-corrected chi connectivity index (χ1v) is 4.07.